The molecule has 0 saturated heterocycles. The van der Waals surface area contributed by atoms with Crippen LogP contribution in [0.3, 0.4) is 0 Å². The molecule has 3 rings (SSSR count). The van der Waals surface area contributed by atoms with Crippen molar-refractivity contribution in [2.75, 3.05) is 4.90 Å². The van der Waals surface area contributed by atoms with Gasteiger partial charge in [-0.1, -0.05) is 24.3 Å². The maximum absolute atomic E-state index is 13.1. The lowest BCUT2D eigenvalue weighted by atomic mass is 10.1. The zero-order valence-corrected chi connectivity index (χ0v) is 9.94. The normalized spacial score (nSPS) is 13.8. The zero-order chi connectivity index (χ0) is 12.5. The van der Waals surface area contributed by atoms with Crippen LogP contribution in [0, 0.1) is 5.82 Å². The first-order chi connectivity index (χ1) is 8.78. The van der Waals surface area contributed by atoms with E-state index in [1.54, 1.807) is 0 Å². The second-order valence-corrected chi connectivity index (χ2v) is 4.47. The van der Waals surface area contributed by atoms with Gasteiger partial charge in [0, 0.05) is 25.2 Å². The first-order valence-electron chi connectivity index (χ1n) is 5.94. The smallest absolute Gasteiger partial charge is 0.141 e. The van der Waals surface area contributed by atoms with Crippen molar-refractivity contribution >= 4 is 5.82 Å². The first-order valence-corrected chi connectivity index (χ1v) is 5.94. The highest BCUT2D eigenvalue weighted by molar-refractivity contribution is 5.52. The molecule has 4 heteroatoms. The van der Waals surface area contributed by atoms with E-state index in [4.69, 9.17) is 5.73 Å². The fraction of sp³-hybridized carbons (Fsp3) is 0.214. The van der Waals surface area contributed by atoms with Crippen LogP contribution >= 0.6 is 0 Å². The van der Waals surface area contributed by atoms with E-state index in [2.05, 4.69) is 22.0 Å². The predicted octanol–water partition coefficient (Wildman–Crippen LogP) is 2.20. The monoisotopic (exact) mass is 243 g/mol. The summed E-state index contributed by atoms with van der Waals surface area (Å²) in [6.45, 7) is 1.91. The van der Waals surface area contributed by atoms with Crippen molar-refractivity contribution in [3.8, 4) is 0 Å². The van der Waals surface area contributed by atoms with Crippen LogP contribution in [-0.4, -0.2) is 4.98 Å². The van der Waals surface area contributed by atoms with E-state index in [0.717, 1.165) is 24.5 Å². The molecule has 3 nitrogen and oxygen atoms in total. The molecule has 1 aliphatic rings. The van der Waals surface area contributed by atoms with Gasteiger partial charge in [0.1, 0.15) is 11.6 Å². The molecule has 92 valence electrons. The van der Waals surface area contributed by atoms with E-state index in [1.807, 2.05) is 12.1 Å². The summed E-state index contributed by atoms with van der Waals surface area (Å²) in [4.78, 5) is 6.32. The Bertz CT molecular complexity index is 558. The Morgan fingerprint density at radius 2 is 1.89 bits per heavy atom. The lowest BCUT2D eigenvalue weighted by Gasteiger charge is -2.19. The van der Waals surface area contributed by atoms with E-state index in [0.29, 0.717) is 6.54 Å². The summed E-state index contributed by atoms with van der Waals surface area (Å²) in [5, 5.41) is 0. The molecule has 18 heavy (non-hydrogen) atoms. The van der Waals surface area contributed by atoms with Gasteiger partial charge in [0.2, 0.25) is 0 Å². The van der Waals surface area contributed by atoms with Gasteiger partial charge in [-0.25, -0.2) is 9.37 Å². The third-order valence-corrected chi connectivity index (χ3v) is 3.27. The molecule has 1 aliphatic heterocycles. The van der Waals surface area contributed by atoms with Gasteiger partial charge in [-0.2, -0.15) is 0 Å². The molecule has 0 radical (unpaired) electrons. The Hall–Kier alpha value is -1.94. The van der Waals surface area contributed by atoms with Crippen LogP contribution in [-0.2, 0) is 19.6 Å². The van der Waals surface area contributed by atoms with Crippen LogP contribution in [0.15, 0.2) is 36.5 Å². The Labute approximate surface area is 105 Å². The summed E-state index contributed by atoms with van der Waals surface area (Å²) in [7, 11) is 0. The molecule has 0 fully saturated rings. The standard InChI is InChI=1S/C14H14FN3/c15-13-5-12(6-16)14(17-7-13)18-8-10-3-1-2-4-11(10)9-18/h1-5,7H,6,8-9,16H2. The average molecular weight is 243 g/mol. The average Bonchev–Trinajstić information content (AvgIpc) is 2.82. The number of aromatic nitrogens is 1. The van der Waals surface area contributed by atoms with E-state index in [-0.39, 0.29) is 5.82 Å². The fourth-order valence-corrected chi connectivity index (χ4v) is 2.39. The van der Waals surface area contributed by atoms with Gasteiger partial charge in [0.15, 0.2) is 0 Å². The predicted molar refractivity (Wildman–Crippen MR) is 68.4 cm³/mol. The quantitative estimate of drug-likeness (QED) is 0.879. The van der Waals surface area contributed by atoms with Crippen LogP contribution < -0.4 is 10.6 Å². The summed E-state index contributed by atoms with van der Waals surface area (Å²) >= 11 is 0. The molecule has 2 heterocycles. The Kier molecular flexibility index (Phi) is 2.72. The number of fused-ring (bicyclic) bond motifs is 1. The molecular weight excluding hydrogens is 229 g/mol. The maximum Gasteiger partial charge on any atom is 0.141 e. The minimum Gasteiger partial charge on any atom is -0.348 e. The van der Waals surface area contributed by atoms with Crippen LogP contribution in [0.4, 0.5) is 10.2 Å². The Morgan fingerprint density at radius 1 is 1.22 bits per heavy atom. The van der Waals surface area contributed by atoms with Gasteiger partial charge in [-0.3, -0.25) is 0 Å². The van der Waals surface area contributed by atoms with E-state index in [1.165, 1.54) is 23.4 Å². The first kappa shape index (κ1) is 11.2. The number of nitrogens with zero attached hydrogens (tertiary/aromatic N) is 2. The number of nitrogens with two attached hydrogens (primary N) is 1. The Balaban J connectivity index is 1.95. The van der Waals surface area contributed by atoms with Crippen LogP contribution in [0.1, 0.15) is 16.7 Å². The van der Waals surface area contributed by atoms with Crippen LogP contribution in [0.5, 0.6) is 0 Å². The van der Waals surface area contributed by atoms with Crippen molar-refractivity contribution in [2.24, 2.45) is 5.73 Å². The summed E-state index contributed by atoms with van der Waals surface area (Å²) in [6, 6.07) is 9.75. The van der Waals surface area contributed by atoms with Crippen molar-refractivity contribution < 1.29 is 4.39 Å². The topological polar surface area (TPSA) is 42.1 Å². The van der Waals surface area contributed by atoms with Crippen LogP contribution in [0.25, 0.3) is 0 Å². The number of hydrogen-bond acceptors (Lipinski definition) is 3. The fourth-order valence-electron chi connectivity index (χ4n) is 2.39. The van der Waals surface area contributed by atoms with Crippen LogP contribution in [0.2, 0.25) is 0 Å². The molecular formula is C14H14FN3. The zero-order valence-electron chi connectivity index (χ0n) is 9.94. The highest BCUT2D eigenvalue weighted by Crippen LogP contribution is 2.28. The minimum absolute atomic E-state index is 0.299. The lowest BCUT2D eigenvalue weighted by molar-refractivity contribution is 0.617. The summed E-state index contributed by atoms with van der Waals surface area (Å²) in [6.07, 6.45) is 1.25. The second kappa shape index (κ2) is 4.38. The van der Waals surface area contributed by atoms with Crippen molar-refractivity contribution in [1.29, 1.82) is 0 Å². The molecule has 0 saturated carbocycles. The third-order valence-electron chi connectivity index (χ3n) is 3.27. The van der Waals surface area contributed by atoms with Crippen molar-refractivity contribution in [2.45, 2.75) is 19.6 Å². The molecule has 1 aromatic heterocycles. The highest BCUT2D eigenvalue weighted by Gasteiger charge is 2.21. The van der Waals surface area contributed by atoms with Gasteiger partial charge >= 0.3 is 0 Å². The maximum atomic E-state index is 13.1. The summed E-state index contributed by atoms with van der Waals surface area (Å²) in [5.74, 6) is 0.450. The molecule has 0 amide bonds. The SMILES string of the molecule is NCc1cc(F)cnc1N1Cc2ccccc2C1. The number of anilines is 1. The summed E-state index contributed by atoms with van der Waals surface area (Å²) < 4.78 is 13.1. The van der Waals surface area contributed by atoms with Gasteiger partial charge in [0.05, 0.1) is 6.20 Å². The minimum atomic E-state index is -0.337. The van der Waals surface area contributed by atoms with E-state index < -0.39 is 0 Å². The lowest BCUT2D eigenvalue weighted by Crippen LogP contribution is -2.19. The van der Waals surface area contributed by atoms with Gasteiger partial charge in [-0.05, 0) is 17.2 Å². The number of rotatable bonds is 2. The number of halogens is 1. The van der Waals surface area contributed by atoms with Crippen molar-refractivity contribution in [3.05, 3.63) is 59.0 Å². The third kappa shape index (κ3) is 1.84. The molecule has 0 unspecified atom stereocenters. The van der Waals surface area contributed by atoms with Gasteiger partial charge < -0.3 is 10.6 Å². The number of hydrogen-bond donors (Lipinski definition) is 1. The molecule has 0 atom stereocenters. The van der Waals surface area contributed by atoms with Crippen molar-refractivity contribution in [3.63, 3.8) is 0 Å². The van der Waals surface area contributed by atoms with E-state index in [9.17, 15) is 4.39 Å². The highest BCUT2D eigenvalue weighted by atomic mass is 19.1. The van der Waals surface area contributed by atoms with Gasteiger partial charge in [0.25, 0.3) is 0 Å². The molecule has 0 spiro atoms. The molecule has 1 aromatic carbocycles. The summed E-state index contributed by atoms with van der Waals surface area (Å²) in [5.41, 5.74) is 9.01. The number of benzene rings is 1. The van der Waals surface area contributed by atoms with Gasteiger partial charge in [-0.15, -0.1) is 0 Å². The van der Waals surface area contributed by atoms with Crippen molar-refractivity contribution in [1.82, 2.24) is 4.98 Å². The molecule has 2 N–H and O–H groups in total. The number of pyridine rings is 1. The Morgan fingerprint density at radius 3 is 2.50 bits per heavy atom. The van der Waals surface area contributed by atoms with E-state index >= 15 is 0 Å². The largest absolute Gasteiger partial charge is 0.348 e. The molecule has 0 bridgehead atoms. The molecule has 0 aliphatic carbocycles. The molecule has 2 aromatic rings. The second-order valence-electron chi connectivity index (χ2n) is 4.47.